The second kappa shape index (κ2) is 8.15. The summed E-state index contributed by atoms with van der Waals surface area (Å²) in [5, 5.41) is 10.3. The minimum absolute atomic E-state index is 0.0587. The summed E-state index contributed by atoms with van der Waals surface area (Å²) in [5.41, 5.74) is 0.783. The second-order valence-electron chi connectivity index (χ2n) is 6.44. The Kier molecular flexibility index (Phi) is 5.87. The number of hydrogen-bond acceptors (Lipinski definition) is 4. The largest absolute Gasteiger partial charge is 0.478 e. The molecule has 1 saturated heterocycles. The Morgan fingerprint density at radius 3 is 2.52 bits per heavy atom. The van der Waals surface area contributed by atoms with Crippen LogP contribution >= 0.6 is 23.2 Å². The van der Waals surface area contributed by atoms with Crippen molar-refractivity contribution in [2.24, 2.45) is 0 Å². The van der Waals surface area contributed by atoms with Gasteiger partial charge in [0.15, 0.2) is 0 Å². The van der Waals surface area contributed by atoms with Gasteiger partial charge in [-0.2, -0.15) is 0 Å². The molecular weight excluding hydrogens is 389 g/mol. The van der Waals surface area contributed by atoms with Crippen LogP contribution in [-0.4, -0.2) is 52.5 Å². The molecule has 0 spiro atoms. The lowest BCUT2D eigenvalue weighted by molar-refractivity contribution is -0.132. The number of carbonyl (C=O) groups excluding carboxylic acids is 1. The average Bonchev–Trinajstić information content (AvgIpc) is 2.64. The highest BCUT2D eigenvalue weighted by atomic mass is 35.5. The highest BCUT2D eigenvalue weighted by Crippen LogP contribution is 2.26. The molecule has 1 aromatic carbocycles. The van der Waals surface area contributed by atoms with Crippen molar-refractivity contribution in [3.05, 3.63) is 57.7 Å². The van der Waals surface area contributed by atoms with E-state index < -0.39 is 5.97 Å². The van der Waals surface area contributed by atoms with E-state index in [-0.39, 0.29) is 23.9 Å². The Bertz CT molecular complexity index is 855. The van der Waals surface area contributed by atoms with Gasteiger partial charge in [-0.15, -0.1) is 0 Å². The van der Waals surface area contributed by atoms with Crippen LogP contribution in [0.3, 0.4) is 0 Å². The number of halogens is 2. The van der Waals surface area contributed by atoms with Crippen LogP contribution in [0.25, 0.3) is 0 Å². The predicted octanol–water partition coefficient (Wildman–Crippen LogP) is 3.37. The van der Waals surface area contributed by atoms with Crippen LogP contribution in [0.1, 0.15) is 22.8 Å². The third-order valence-electron chi connectivity index (χ3n) is 4.65. The minimum atomic E-state index is -1.02. The molecule has 6 nitrogen and oxygen atoms in total. The molecule has 27 heavy (non-hydrogen) atoms. The maximum atomic E-state index is 12.8. The maximum absolute atomic E-state index is 12.8. The molecule has 8 heteroatoms. The number of aromatic carboxylic acids is 1. The number of carboxylic acids is 1. The number of amides is 1. The normalized spacial score (nSPS) is 17.1. The fourth-order valence-electron chi connectivity index (χ4n) is 3.29. The summed E-state index contributed by atoms with van der Waals surface area (Å²) in [7, 11) is 0. The standard InChI is InChI=1S/C19H19Cl2N3O3/c1-12-11-23(18-13(19(26)27)4-3-7-22-18)8-9-24(12)17(25)10-14-15(20)5-2-6-16(14)21/h2-7,12H,8-11H2,1H3,(H,26,27)/t12-/m0/s1. The molecule has 1 aliphatic heterocycles. The third-order valence-corrected chi connectivity index (χ3v) is 5.36. The van der Waals surface area contributed by atoms with E-state index in [1.807, 2.05) is 11.8 Å². The number of piperazine rings is 1. The Hall–Kier alpha value is -2.31. The lowest BCUT2D eigenvalue weighted by Gasteiger charge is -2.40. The van der Waals surface area contributed by atoms with Gasteiger partial charge in [0.1, 0.15) is 11.4 Å². The molecule has 0 unspecified atom stereocenters. The monoisotopic (exact) mass is 407 g/mol. The molecule has 3 rings (SSSR count). The van der Waals surface area contributed by atoms with E-state index in [0.29, 0.717) is 41.1 Å². The van der Waals surface area contributed by atoms with Gasteiger partial charge in [0, 0.05) is 41.9 Å². The number of hydrogen-bond donors (Lipinski definition) is 1. The molecule has 1 aliphatic rings. The van der Waals surface area contributed by atoms with Crippen LogP contribution < -0.4 is 4.90 Å². The molecule has 1 amide bonds. The molecule has 1 atom stereocenters. The topological polar surface area (TPSA) is 73.7 Å². The zero-order chi connectivity index (χ0) is 19.6. The van der Waals surface area contributed by atoms with Crippen LogP contribution in [0.5, 0.6) is 0 Å². The summed E-state index contributed by atoms with van der Waals surface area (Å²) in [6, 6.07) is 8.21. The Balaban J connectivity index is 1.72. The van der Waals surface area contributed by atoms with Crippen molar-refractivity contribution in [1.82, 2.24) is 9.88 Å². The zero-order valence-electron chi connectivity index (χ0n) is 14.7. The van der Waals surface area contributed by atoms with Crippen molar-refractivity contribution in [2.75, 3.05) is 24.5 Å². The molecular formula is C19H19Cl2N3O3. The number of aromatic nitrogens is 1. The van der Waals surface area contributed by atoms with Crippen LogP contribution in [0.15, 0.2) is 36.5 Å². The van der Waals surface area contributed by atoms with Crippen molar-refractivity contribution in [3.8, 4) is 0 Å². The highest BCUT2D eigenvalue weighted by Gasteiger charge is 2.30. The number of rotatable bonds is 4. The SMILES string of the molecule is C[C@H]1CN(c2ncccc2C(=O)O)CCN1C(=O)Cc1c(Cl)cccc1Cl. The van der Waals surface area contributed by atoms with Gasteiger partial charge in [0.25, 0.3) is 0 Å². The molecule has 142 valence electrons. The first-order valence-corrected chi connectivity index (χ1v) is 9.29. The van der Waals surface area contributed by atoms with Gasteiger partial charge in [-0.1, -0.05) is 29.3 Å². The third kappa shape index (κ3) is 4.17. The van der Waals surface area contributed by atoms with Crippen molar-refractivity contribution in [1.29, 1.82) is 0 Å². The van der Waals surface area contributed by atoms with Gasteiger partial charge >= 0.3 is 5.97 Å². The predicted molar refractivity (Wildman–Crippen MR) is 105 cm³/mol. The first-order valence-electron chi connectivity index (χ1n) is 8.54. The van der Waals surface area contributed by atoms with Crippen LogP contribution in [0.2, 0.25) is 10.0 Å². The molecule has 1 N–H and O–H groups in total. The van der Waals surface area contributed by atoms with E-state index in [4.69, 9.17) is 23.2 Å². The van der Waals surface area contributed by atoms with E-state index >= 15 is 0 Å². The van der Waals surface area contributed by atoms with Crippen molar-refractivity contribution < 1.29 is 14.7 Å². The lowest BCUT2D eigenvalue weighted by Crippen LogP contribution is -2.55. The van der Waals surface area contributed by atoms with Gasteiger partial charge < -0.3 is 14.9 Å². The first kappa shape index (κ1) is 19.5. The van der Waals surface area contributed by atoms with Gasteiger partial charge in [-0.3, -0.25) is 4.79 Å². The number of anilines is 1. The minimum Gasteiger partial charge on any atom is -0.478 e. The first-order chi connectivity index (χ1) is 12.9. The maximum Gasteiger partial charge on any atom is 0.339 e. The van der Waals surface area contributed by atoms with Crippen LogP contribution in [0, 0.1) is 0 Å². The highest BCUT2D eigenvalue weighted by molar-refractivity contribution is 6.36. The zero-order valence-corrected chi connectivity index (χ0v) is 16.2. The molecule has 0 aliphatic carbocycles. The van der Waals surface area contributed by atoms with Crippen molar-refractivity contribution in [3.63, 3.8) is 0 Å². The summed E-state index contributed by atoms with van der Waals surface area (Å²) in [5.74, 6) is -0.646. The van der Waals surface area contributed by atoms with Gasteiger partial charge in [0.2, 0.25) is 5.91 Å². The number of nitrogens with zero attached hydrogens (tertiary/aromatic N) is 3. The molecule has 1 aromatic heterocycles. The average molecular weight is 408 g/mol. The number of carbonyl (C=O) groups is 2. The van der Waals surface area contributed by atoms with Gasteiger partial charge in [-0.05, 0) is 36.8 Å². The quantitative estimate of drug-likeness (QED) is 0.840. The van der Waals surface area contributed by atoms with E-state index in [2.05, 4.69) is 4.98 Å². The molecule has 0 bridgehead atoms. The summed E-state index contributed by atoms with van der Waals surface area (Å²) in [6.07, 6.45) is 1.70. The molecule has 0 saturated carbocycles. The number of carboxylic acid groups (broad SMARTS) is 1. The lowest BCUT2D eigenvalue weighted by atomic mass is 10.1. The van der Waals surface area contributed by atoms with E-state index in [9.17, 15) is 14.7 Å². The van der Waals surface area contributed by atoms with E-state index in [0.717, 1.165) is 0 Å². The number of benzene rings is 1. The number of pyridine rings is 1. The second-order valence-corrected chi connectivity index (χ2v) is 7.25. The van der Waals surface area contributed by atoms with E-state index in [1.54, 1.807) is 35.4 Å². The Morgan fingerprint density at radius 2 is 1.89 bits per heavy atom. The molecule has 1 fully saturated rings. The fourth-order valence-corrected chi connectivity index (χ4v) is 3.82. The Morgan fingerprint density at radius 1 is 1.19 bits per heavy atom. The van der Waals surface area contributed by atoms with E-state index in [1.165, 1.54) is 6.07 Å². The summed E-state index contributed by atoms with van der Waals surface area (Å²) in [6.45, 7) is 3.41. The van der Waals surface area contributed by atoms with Gasteiger partial charge in [0.05, 0.1) is 6.42 Å². The van der Waals surface area contributed by atoms with Gasteiger partial charge in [-0.25, -0.2) is 9.78 Å². The smallest absolute Gasteiger partial charge is 0.339 e. The molecule has 2 aromatic rings. The molecule has 2 heterocycles. The summed E-state index contributed by atoms with van der Waals surface area (Å²) < 4.78 is 0. The molecule has 0 radical (unpaired) electrons. The van der Waals surface area contributed by atoms with Crippen molar-refractivity contribution >= 4 is 40.9 Å². The van der Waals surface area contributed by atoms with Crippen LogP contribution in [-0.2, 0) is 11.2 Å². The summed E-state index contributed by atoms with van der Waals surface area (Å²) in [4.78, 5) is 32.1. The Labute approximate surface area is 167 Å². The van der Waals surface area contributed by atoms with Crippen molar-refractivity contribution in [2.45, 2.75) is 19.4 Å². The fraction of sp³-hybridized carbons (Fsp3) is 0.316. The van der Waals surface area contributed by atoms with Crippen LogP contribution in [0.4, 0.5) is 5.82 Å². The summed E-state index contributed by atoms with van der Waals surface area (Å²) >= 11 is 12.3.